The average molecular weight is 564 g/mol. The number of carbonyl (C=O) groups is 1. The van der Waals surface area contributed by atoms with Gasteiger partial charge in [0.2, 0.25) is 11.8 Å². The summed E-state index contributed by atoms with van der Waals surface area (Å²) in [6, 6.07) is 19.1. The molecule has 0 saturated carbocycles. The van der Waals surface area contributed by atoms with Crippen LogP contribution in [-0.4, -0.2) is 21.1 Å². The highest BCUT2D eigenvalue weighted by Crippen LogP contribution is 2.35. The molecule has 7 nitrogen and oxygen atoms in total. The topological polar surface area (TPSA) is 101 Å². The number of hydrogen-bond acceptors (Lipinski definition) is 6. The number of aromatic nitrogens is 1. The highest BCUT2D eigenvalue weighted by molar-refractivity contribution is 7.80. The van der Waals surface area contributed by atoms with Crippen LogP contribution >= 0.6 is 35.4 Å². The molecule has 2 heterocycles. The zero-order valence-electron chi connectivity index (χ0n) is 19.8. The molecule has 3 aromatic carbocycles. The lowest BCUT2D eigenvalue weighted by Gasteiger charge is -2.10. The van der Waals surface area contributed by atoms with Gasteiger partial charge in [0.15, 0.2) is 10.7 Å². The van der Waals surface area contributed by atoms with E-state index in [1.54, 1.807) is 42.5 Å². The van der Waals surface area contributed by atoms with E-state index < -0.39 is 5.91 Å². The first-order valence-electron chi connectivity index (χ1n) is 11.3. The van der Waals surface area contributed by atoms with Crippen molar-refractivity contribution in [1.29, 1.82) is 0 Å². The fraction of sp³-hybridized carbons (Fsp3) is 0.0357. The number of aryl methyl sites for hydroxylation is 1. The van der Waals surface area contributed by atoms with E-state index in [4.69, 9.17) is 44.3 Å². The molecule has 0 saturated heterocycles. The maximum atomic E-state index is 12.4. The lowest BCUT2D eigenvalue weighted by molar-refractivity contribution is -0.115. The van der Waals surface area contributed by atoms with Gasteiger partial charge in [-0.25, -0.2) is 4.98 Å². The molecule has 0 fully saturated rings. The number of carbonyl (C=O) groups excluding carboxylic acids is 1. The number of rotatable bonds is 5. The molecule has 2 aromatic heterocycles. The molecule has 5 aromatic rings. The molecular formula is C28H19Cl2N3O4S. The van der Waals surface area contributed by atoms with Gasteiger partial charge in [0.05, 0.1) is 15.6 Å². The third-order valence-electron chi connectivity index (χ3n) is 5.51. The largest absolute Gasteiger partial charge is 0.507 e. The number of nitrogens with zero attached hydrogens (tertiary/aromatic N) is 1. The van der Waals surface area contributed by atoms with Gasteiger partial charge in [-0.2, -0.15) is 0 Å². The molecule has 5 rings (SSSR count). The number of anilines is 1. The van der Waals surface area contributed by atoms with E-state index >= 15 is 0 Å². The number of hydrogen-bond donors (Lipinski definition) is 3. The van der Waals surface area contributed by atoms with Crippen LogP contribution in [0, 0.1) is 6.92 Å². The van der Waals surface area contributed by atoms with E-state index in [2.05, 4.69) is 15.6 Å². The van der Waals surface area contributed by atoms with Crippen molar-refractivity contribution >= 4 is 69.3 Å². The Bertz CT molecular complexity index is 1720. The quantitative estimate of drug-likeness (QED) is 0.115. The Morgan fingerprint density at radius 3 is 2.71 bits per heavy atom. The summed E-state index contributed by atoms with van der Waals surface area (Å²) in [6.45, 7) is 1.96. The van der Waals surface area contributed by atoms with Crippen LogP contribution in [-0.2, 0) is 4.79 Å². The minimum Gasteiger partial charge on any atom is -0.507 e. The van der Waals surface area contributed by atoms with Crippen molar-refractivity contribution in [2.75, 3.05) is 5.32 Å². The Kier molecular flexibility index (Phi) is 7.20. The van der Waals surface area contributed by atoms with Gasteiger partial charge in [-0.05, 0) is 85.4 Å². The summed E-state index contributed by atoms with van der Waals surface area (Å²) in [5.74, 6) is 0.762. The number of benzene rings is 3. The summed E-state index contributed by atoms with van der Waals surface area (Å²) in [6.07, 6.45) is 2.80. The summed E-state index contributed by atoms with van der Waals surface area (Å²) in [5.41, 5.74) is 3.89. The van der Waals surface area contributed by atoms with Crippen LogP contribution in [0.5, 0.6) is 5.75 Å². The zero-order valence-corrected chi connectivity index (χ0v) is 22.1. The predicted octanol–water partition coefficient (Wildman–Crippen LogP) is 7.60. The highest BCUT2D eigenvalue weighted by Gasteiger charge is 2.14. The second-order valence-electron chi connectivity index (χ2n) is 8.30. The van der Waals surface area contributed by atoms with Crippen molar-refractivity contribution in [3.8, 4) is 28.5 Å². The third kappa shape index (κ3) is 5.57. The molecule has 3 N–H and O–H groups in total. The molecule has 0 aliphatic rings. The summed E-state index contributed by atoms with van der Waals surface area (Å²) >= 11 is 17.6. The Morgan fingerprint density at radius 1 is 1.03 bits per heavy atom. The van der Waals surface area contributed by atoms with Gasteiger partial charge in [0.1, 0.15) is 22.8 Å². The maximum absolute atomic E-state index is 12.4. The van der Waals surface area contributed by atoms with E-state index in [0.29, 0.717) is 49.5 Å². The van der Waals surface area contributed by atoms with Gasteiger partial charge in [0, 0.05) is 17.3 Å². The van der Waals surface area contributed by atoms with E-state index in [1.807, 2.05) is 25.1 Å². The number of aromatic hydroxyl groups is 1. The van der Waals surface area contributed by atoms with E-state index in [0.717, 1.165) is 5.56 Å². The summed E-state index contributed by atoms with van der Waals surface area (Å²) < 4.78 is 11.6. The molecule has 0 aliphatic carbocycles. The molecule has 0 atom stereocenters. The number of phenolic OH excluding ortho intramolecular Hbond substituents is 1. The summed E-state index contributed by atoms with van der Waals surface area (Å²) in [5, 5.41) is 16.7. The molecule has 1 amide bonds. The Morgan fingerprint density at radius 2 is 1.87 bits per heavy atom. The zero-order chi connectivity index (χ0) is 26.8. The second-order valence-corrected chi connectivity index (χ2v) is 9.50. The molecule has 0 unspecified atom stereocenters. The highest BCUT2D eigenvalue weighted by atomic mass is 35.5. The SMILES string of the molecule is Cc1ccc2nc(-c3cc(NC(=S)NC(=O)C=Cc4ccc(-c5cccc(Cl)c5Cl)o4)ccc3O)oc2c1. The molecule has 0 bridgehead atoms. The fourth-order valence-corrected chi connectivity index (χ4v) is 4.30. The number of phenols is 1. The number of amides is 1. The molecular weight excluding hydrogens is 545 g/mol. The number of furan rings is 1. The Labute approximate surface area is 232 Å². The van der Waals surface area contributed by atoms with Gasteiger partial charge in [-0.1, -0.05) is 35.3 Å². The van der Waals surface area contributed by atoms with Crippen molar-refractivity contribution in [2.45, 2.75) is 6.92 Å². The summed E-state index contributed by atoms with van der Waals surface area (Å²) in [7, 11) is 0. The molecule has 0 radical (unpaired) electrons. The van der Waals surface area contributed by atoms with Gasteiger partial charge < -0.3 is 19.3 Å². The van der Waals surface area contributed by atoms with Crippen molar-refractivity contribution < 1.29 is 18.7 Å². The Hall–Kier alpha value is -4.11. The first kappa shape index (κ1) is 25.5. The predicted molar refractivity (Wildman–Crippen MR) is 153 cm³/mol. The van der Waals surface area contributed by atoms with E-state index in [1.165, 1.54) is 18.2 Å². The second kappa shape index (κ2) is 10.7. The molecule has 10 heteroatoms. The number of nitrogens with one attached hydrogen (secondary N) is 2. The number of halogens is 2. The van der Waals surface area contributed by atoms with Crippen molar-refractivity contribution in [2.24, 2.45) is 0 Å². The smallest absolute Gasteiger partial charge is 0.250 e. The van der Waals surface area contributed by atoms with Crippen LogP contribution in [0.2, 0.25) is 10.0 Å². The number of oxazole rings is 1. The normalized spacial score (nSPS) is 11.2. The standard InChI is InChI=1S/C28H19Cl2N3O4S/c1-15-5-9-21-24(13-15)37-27(32-21)19-14-16(6-10-22(19)34)31-28(38)33-25(35)12-8-17-7-11-23(36-17)18-3-2-4-20(29)26(18)30/h2-14,34H,1H3,(H2,31,33,35,38). The molecule has 0 aliphatic heterocycles. The minimum atomic E-state index is -0.463. The van der Waals surface area contributed by atoms with Crippen LogP contribution in [0.25, 0.3) is 40.0 Å². The van der Waals surface area contributed by atoms with Crippen molar-refractivity contribution in [3.05, 3.63) is 94.2 Å². The minimum absolute atomic E-state index is 0.00593. The van der Waals surface area contributed by atoms with E-state index in [9.17, 15) is 9.90 Å². The van der Waals surface area contributed by atoms with Crippen molar-refractivity contribution in [3.63, 3.8) is 0 Å². The van der Waals surface area contributed by atoms with Crippen LogP contribution < -0.4 is 10.6 Å². The van der Waals surface area contributed by atoms with Crippen LogP contribution in [0.15, 0.2) is 81.6 Å². The number of fused-ring (bicyclic) bond motifs is 1. The van der Waals surface area contributed by atoms with Gasteiger partial charge >= 0.3 is 0 Å². The monoisotopic (exact) mass is 563 g/mol. The molecule has 190 valence electrons. The van der Waals surface area contributed by atoms with Gasteiger partial charge in [0.25, 0.3) is 0 Å². The van der Waals surface area contributed by atoms with Crippen LogP contribution in [0.4, 0.5) is 5.69 Å². The molecule has 38 heavy (non-hydrogen) atoms. The maximum Gasteiger partial charge on any atom is 0.250 e. The van der Waals surface area contributed by atoms with Gasteiger partial charge in [-0.15, -0.1) is 0 Å². The third-order valence-corrected chi connectivity index (χ3v) is 6.53. The van der Waals surface area contributed by atoms with Crippen LogP contribution in [0.1, 0.15) is 11.3 Å². The Balaban J connectivity index is 1.24. The fourth-order valence-electron chi connectivity index (χ4n) is 3.69. The van der Waals surface area contributed by atoms with Crippen molar-refractivity contribution in [1.82, 2.24) is 10.3 Å². The van der Waals surface area contributed by atoms with Gasteiger partial charge in [-0.3, -0.25) is 10.1 Å². The first-order valence-corrected chi connectivity index (χ1v) is 12.5. The molecule has 0 spiro atoms. The van der Waals surface area contributed by atoms with Crippen LogP contribution in [0.3, 0.4) is 0 Å². The summed E-state index contributed by atoms with van der Waals surface area (Å²) in [4.78, 5) is 16.8. The number of thiocarbonyl (C=S) groups is 1. The lowest BCUT2D eigenvalue weighted by atomic mass is 10.1. The average Bonchev–Trinajstić information content (AvgIpc) is 3.52. The lowest BCUT2D eigenvalue weighted by Crippen LogP contribution is -2.32. The van der Waals surface area contributed by atoms with E-state index in [-0.39, 0.29) is 16.8 Å². The first-order chi connectivity index (χ1) is 18.3.